The first-order chi connectivity index (χ1) is 6.04. The summed E-state index contributed by atoms with van der Waals surface area (Å²) in [4.78, 5) is 0. The fraction of sp³-hybridized carbons (Fsp3) is 0.857. The molecule has 0 fully saturated rings. The molecule has 6 heteroatoms. The van der Waals surface area contributed by atoms with Crippen LogP contribution in [-0.4, -0.2) is 55.1 Å². The van der Waals surface area contributed by atoms with Gasteiger partial charge < -0.3 is 10.8 Å². The van der Waals surface area contributed by atoms with Crippen molar-refractivity contribution in [3.63, 3.8) is 0 Å². The van der Waals surface area contributed by atoms with Gasteiger partial charge in [-0.3, -0.25) is 0 Å². The average molecular weight is 209 g/mol. The Balaban J connectivity index is 0. The SMILES string of the molecule is C[N+](C)(C#P=O)CCO.NCCO. The van der Waals surface area contributed by atoms with Crippen LogP contribution in [0.2, 0.25) is 0 Å². The molecule has 0 aromatic heterocycles. The van der Waals surface area contributed by atoms with Gasteiger partial charge in [0.1, 0.15) is 0 Å². The molecule has 0 aliphatic carbocycles. The Labute approximate surface area is 79.9 Å². The summed E-state index contributed by atoms with van der Waals surface area (Å²) in [7, 11) is 3.54. The van der Waals surface area contributed by atoms with Crippen molar-refractivity contribution in [2.75, 3.05) is 40.4 Å². The van der Waals surface area contributed by atoms with Gasteiger partial charge in [0.25, 0.3) is 0 Å². The third-order valence-electron chi connectivity index (χ3n) is 1.10. The monoisotopic (exact) mass is 209 g/mol. The first-order valence-corrected chi connectivity index (χ1v) is 4.69. The van der Waals surface area contributed by atoms with Crippen LogP contribution < -0.4 is 5.73 Å². The van der Waals surface area contributed by atoms with Crippen molar-refractivity contribution in [3.05, 3.63) is 0 Å². The second-order valence-electron chi connectivity index (χ2n) is 2.84. The van der Waals surface area contributed by atoms with Gasteiger partial charge in [-0.25, -0.2) is 0 Å². The Kier molecular flexibility index (Phi) is 11.7. The van der Waals surface area contributed by atoms with E-state index in [-0.39, 0.29) is 21.1 Å². The molecule has 0 amide bonds. The van der Waals surface area contributed by atoms with Gasteiger partial charge in [-0.2, -0.15) is 0 Å². The summed E-state index contributed by atoms with van der Waals surface area (Å²) < 4.78 is 10.3. The zero-order valence-corrected chi connectivity index (χ0v) is 9.00. The first kappa shape index (κ1) is 15.3. The van der Waals surface area contributed by atoms with Gasteiger partial charge >= 0.3 is 55.1 Å². The average Bonchev–Trinajstić information content (AvgIpc) is 2.04. The third kappa shape index (κ3) is 14.7. The Morgan fingerprint density at radius 3 is 2.08 bits per heavy atom. The van der Waals surface area contributed by atoms with Gasteiger partial charge in [0, 0.05) is 6.54 Å². The largest absolute Gasteiger partial charge is 0.395 e. The molecule has 0 bridgehead atoms. The molecular weight excluding hydrogens is 191 g/mol. The van der Waals surface area contributed by atoms with Gasteiger partial charge in [-0.1, -0.05) is 0 Å². The Morgan fingerprint density at radius 1 is 1.38 bits per heavy atom. The molecule has 0 aromatic carbocycles. The molecule has 0 unspecified atom stereocenters. The Hall–Kier alpha value is -0.150. The maximum atomic E-state index is 9.98. The van der Waals surface area contributed by atoms with Gasteiger partial charge in [0.15, 0.2) is 0 Å². The summed E-state index contributed by atoms with van der Waals surface area (Å²) >= 11 is 0. The quantitative estimate of drug-likeness (QED) is 0.420. The molecule has 0 heterocycles. The second-order valence-corrected chi connectivity index (χ2v) is 3.22. The predicted octanol–water partition coefficient (Wildman–Crippen LogP) is -0.799. The summed E-state index contributed by atoms with van der Waals surface area (Å²) in [5, 5.41) is 16.2. The van der Waals surface area contributed by atoms with E-state index in [1.165, 1.54) is 0 Å². The number of rotatable bonds is 3. The summed E-state index contributed by atoms with van der Waals surface area (Å²) in [5.74, 6) is 2.62. The van der Waals surface area contributed by atoms with Crippen LogP contribution in [0, 0.1) is 5.75 Å². The molecule has 4 N–H and O–H groups in total. The predicted molar refractivity (Wildman–Crippen MR) is 51.7 cm³/mol. The van der Waals surface area contributed by atoms with E-state index >= 15 is 0 Å². The smallest absolute Gasteiger partial charge is 0.0553 e. The Morgan fingerprint density at radius 2 is 1.85 bits per heavy atom. The van der Waals surface area contributed by atoms with Crippen molar-refractivity contribution < 1.29 is 19.3 Å². The summed E-state index contributed by atoms with van der Waals surface area (Å²) in [5.41, 5.74) is 4.78. The van der Waals surface area contributed by atoms with Crippen LogP contribution in [0.5, 0.6) is 0 Å². The fourth-order valence-electron chi connectivity index (χ4n) is 0.411. The number of hydrogen-bond donors (Lipinski definition) is 3. The molecule has 0 atom stereocenters. The van der Waals surface area contributed by atoms with E-state index in [0.717, 1.165) is 0 Å². The van der Waals surface area contributed by atoms with Crippen molar-refractivity contribution >= 4 is 7.92 Å². The molecular formula is C7H18N2O3P+. The van der Waals surface area contributed by atoms with Gasteiger partial charge in [0.05, 0.1) is 6.61 Å². The molecule has 0 spiro atoms. The number of nitrogens with two attached hydrogens (primary N) is 1. The maximum Gasteiger partial charge on any atom is 0.0553 e. The molecule has 5 nitrogen and oxygen atoms in total. The molecule has 0 radical (unpaired) electrons. The van der Waals surface area contributed by atoms with Crippen LogP contribution in [0.4, 0.5) is 0 Å². The first-order valence-electron chi connectivity index (χ1n) is 3.88. The third-order valence-corrected chi connectivity index (χ3v) is 1.72. The van der Waals surface area contributed by atoms with Gasteiger partial charge in [0.2, 0.25) is 0 Å². The number of likely N-dealkylation sites (N-methyl/N-ethyl adjacent to an activating group) is 1. The van der Waals surface area contributed by atoms with E-state index in [1.54, 1.807) is 0 Å². The van der Waals surface area contributed by atoms with Crippen molar-refractivity contribution in [2.24, 2.45) is 5.73 Å². The topological polar surface area (TPSA) is 83.5 Å². The number of aliphatic hydroxyl groups excluding tert-OH is 2. The summed E-state index contributed by atoms with van der Waals surface area (Å²) in [6, 6.07) is 0. The van der Waals surface area contributed by atoms with Crippen molar-refractivity contribution in [3.8, 4) is 5.75 Å². The van der Waals surface area contributed by atoms with Crippen LogP contribution in [0.1, 0.15) is 0 Å². The van der Waals surface area contributed by atoms with Crippen LogP contribution >= 0.6 is 7.92 Å². The number of aliphatic hydroxyl groups is 2. The van der Waals surface area contributed by atoms with Gasteiger partial charge in [-0.05, 0) is 0 Å². The van der Waals surface area contributed by atoms with Crippen molar-refractivity contribution in [1.29, 1.82) is 0 Å². The normalized spacial score (nSPS) is 9.62. The number of quaternary nitrogens is 1. The molecule has 0 aliphatic rings. The molecule has 0 aliphatic heterocycles. The minimum absolute atomic E-state index is 0.0928. The minimum atomic E-state index is -0.105. The zero-order valence-electron chi connectivity index (χ0n) is 8.10. The van der Waals surface area contributed by atoms with E-state index in [4.69, 9.17) is 15.9 Å². The van der Waals surface area contributed by atoms with E-state index < -0.39 is 0 Å². The molecule has 0 rings (SSSR count). The van der Waals surface area contributed by atoms with Crippen molar-refractivity contribution in [1.82, 2.24) is 0 Å². The van der Waals surface area contributed by atoms with Crippen LogP contribution in [0.25, 0.3) is 0 Å². The fourth-order valence-corrected chi connectivity index (χ4v) is 0.732. The Bertz CT molecular complexity index is 199. The number of nitrogens with zero attached hydrogens (tertiary/aromatic N) is 1. The second kappa shape index (κ2) is 9.93. The van der Waals surface area contributed by atoms with Gasteiger partial charge in [-0.15, -0.1) is 0 Å². The molecule has 78 valence electrons. The van der Waals surface area contributed by atoms with Crippen LogP contribution in [-0.2, 0) is 4.57 Å². The summed E-state index contributed by atoms with van der Waals surface area (Å²) in [6.45, 7) is 1.12. The molecule has 13 heavy (non-hydrogen) atoms. The van der Waals surface area contributed by atoms with Crippen molar-refractivity contribution in [2.45, 2.75) is 0 Å². The summed E-state index contributed by atoms with van der Waals surface area (Å²) in [6.07, 6.45) is 0. The maximum absolute atomic E-state index is 9.98. The molecule has 0 saturated heterocycles. The van der Waals surface area contributed by atoms with Crippen LogP contribution in [0.15, 0.2) is 0 Å². The van der Waals surface area contributed by atoms with E-state index in [1.807, 2.05) is 14.1 Å². The van der Waals surface area contributed by atoms with E-state index in [0.29, 0.717) is 17.6 Å². The van der Waals surface area contributed by atoms with Crippen LogP contribution in [0.3, 0.4) is 0 Å². The molecule has 0 aromatic rings. The minimum Gasteiger partial charge on any atom is -0.395 e. The van der Waals surface area contributed by atoms with E-state index in [2.05, 4.69) is 5.75 Å². The molecule has 0 saturated carbocycles. The standard InChI is InChI=1S/C5H11NO2P.C2H7NO/c1-6(2,3-4-7)5-9-8;3-1-2-4/h7H,3-4H2,1-2H3;4H,1-3H2/q+1;. The zero-order chi connectivity index (χ0) is 10.7. The van der Waals surface area contributed by atoms with E-state index in [9.17, 15) is 4.57 Å². The number of hydrogen-bond acceptors (Lipinski definition) is 4.